The van der Waals surface area contributed by atoms with Gasteiger partial charge in [0, 0.05) is 51.4 Å². The Bertz CT molecular complexity index is 1170. The molecule has 8 heteroatoms. The van der Waals surface area contributed by atoms with Gasteiger partial charge in [-0.05, 0) is 147 Å². The average Bonchev–Trinajstić information content (AvgIpc) is 3.29. The summed E-state index contributed by atoms with van der Waals surface area (Å²) in [5.74, 6) is -0.142. The highest BCUT2D eigenvalue weighted by Crippen LogP contribution is 2.21. The van der Waals surface area contributed by atoms with Crippen LogP contribution in [0, 0.1) is 5.92 Å². The van der Waals surface area contributed by atoms with E-state index in [1.54, 1.807) is 0 Å². The van der Waals surface area contributed by atoms with Gasteiger partial charge in [0.05, 0.1) is 13.2 Å². The van der Waals surface area contributed by atoms with Crippen molar-refractivity contribution in [3.8, 4) is 0 Å². The Labute approximate surface area is 387 Å². The van der Waals surface area contributed by atoms with Gasteiger partial charge in [0.15, 0.2) is 6.29 Å². The van der Waals surface area contributed by atoms with Crippen LogP contribution in [0.25, 0.3) is 0 Å². The predicted molar refractivity (Wildman–Crippen MR) is 264 cm³/mol. The summed E-state index contributed by atoms with van der Waals surface area (Å²) < 4.78 is 23.8. The Kier molecular flexibility index (Phi) is 41.4. The maximum Gasteiger partial charge on any atom is 0.305 e. The fourth-order valence-electron chi connectivity index (χ4n) is 8.10. The molecule has 63 heavy (non-hydrogen) atoms. The number of carbonyl (C=O) groups is 3. The van der Waals surface area contributed by atoms with Crippen LogP contribution in [-0.2, 0) is 33.3 Å². The SMILES string of the molecule is CC/C=C\CCCCOC(CCC(=O)CCC(CCCC(=O)OCCC1CCCCN1CC)COC(=O)CCCCCCC/C=C\C/C=C\CCCCC)OCCCC/C=C\CC. The minimum atomic E-state index is -0.383. The summed E-state index contributed by atoms with van der Waals surface area (Å²) in [6.45, 7) is 12.9. The number of rotatable bonds is 44. The molecule has 0 N–H and O–H groups in total. The molecule has 1 saturated heterocycles. The number of hydrogen-bond donors (Lipinski definition) is 0. The molecule has 0 aromatic heterocycles. The summed E-state index contributed by atoms with van der Waals surface area (Å²) in [4.78, 5) is 41.3. The number of Topliss-reactive ketones (excluding diaryl/α,β-unsaturated/α-hetero) is 1. The molecule has 1 rings (SSSR count). The predicted octanol–water partition coefficient (Wildman–Crippen LogP) is 14.7. The van der Waals surface area contributed by atoms with E-state index < -0.39 is 0 Å². The van der Waals surface area contributed by atoms with E-state index in [4.69, 9.17) is 18.9 Å². The highest BCUT2D eigenvalue weighted by atomic mass is 16.7. The molecule has 0 radical (unpaired) electrons. The second kappa shape index (κ2) is 44.6. The number of ether oxygens (including phenoxy) is 4. The molecule has 2 unspecified atom stereocenters. The van der Waals surface area contributed by atoms with E-state index in [1.807, 2.05) is 0 Å². The van der Waals surface area contributed by atoms with E-state index >= 15 is 0 Å². The zero-order valence-electron chi connectivity index (χ0n) is 41.3. The van der Waals surface area contributed by atoms with Crippen molar-refractivity contribution in [1.82, 2.24) is 4.90 Å². The quantitative estimate of drug-likeness (QED) is 0.0259. The number of esters is 2. The number of ketones is 1. The lowest BCUT2D eigenvalue weighted by molar-refractivity contribution is -0.151. The Balaban J connectivity index is 2.57. The molecular formula is C55H97NO7. The summed E-state index contributed by atoms with van der Waals surface area (Å²) in [7, 11) is 0. The number of unbranched alkanes of at least 4 members (excludes halogenated alkanes) is 12. The van der Waals surface area contributed by atoms with Gasteiger partial charge in [-0.1, -0.05) is 115 Å². The van der Waals surface area contributed by atoms with Crippen LogP contribution < -0.4 is 0 Å². The second-order valence-corrected chi connectivity index (χ2v) is 17.7. The topological polar surface area (TPSA) is 91.4 Å². The van der Waals surface area contributed by atoms with Crippen molar-refractivity contribution in [1.29, 1.82) is 0 Å². The molecule has 0 amide bonds. The molecule has 8 nitrogen and oxygen atoms in total. The average molecular weight is 884 g/mol. The lowest BCUT2D eigenvalue weighted by Crippen LogP contribution is -2.40. The van der Waals surface area contributed by atoms with Gasteiger partial charge in [-0.2, -0.15) is 0 Å². The molecule has 1 aliphatic rings. The third-order valence-corrected chi connectivity index (χ3v) is 12.1. The number of likely N-dealkylation sites (tertiary alicyclic amines) is 1. The van der Waals surface area contributed by atoms with Crippen LogP contribution in [0.1, 0.15) is 227 Å². The van der Waals surface area contributed by atoms with E-state index in [0.29, 0.717) is 77.2 Å². The standard InChI is InChI=1S/C55H97NO7/c1-5-9-12-15-18-19-20-21-22-23-24-25-26-27-30-38-54(59)63-49-50(36-35-39-53(58)60-48-44-51-37-31-32-45-56(51)8-4)40-41-52(57)42-43-55(61-46-33-28-16-13-10-6-2)62-47-34-29-17-14-11-7-3/h10-11,13-14,18-19,21-22,50-51,55H,5-9,12,15-17,20,23-49H2,1-4H3/b13-10-,14-11-,19-18-,22-21-. The molecule has 1 aliphatic heterocycles. The Morgan fingerprint density at radius 3 is 1.78 bits per heavy atom. The third-order valence-electron chi connectivity index (χ3n) is 12.1. The van der Waals surface area contributed by atoms with Gasteiger partial charge in [0.2, 0.25) is 0 Å². The normalized spacial score (nSPS) is 15.5. The lowest BCUT2D eigenvalue weighted by atomic mass is 9.95. The first-order valence-electron chi connectivity index (χ1n) is 26.3. The van der Waals surface area contributed by atoms with Gasteiger partial charge >= 0.3 is 11.9 Å². The molecule has 1 heterocycles. The number of piperidine rings is 1. The molecule has 0 saturated carbocycles. The second-order valence-electron chi connectivity index (χ2n) is 17.7. The maximum absolute atomic E-state index is 13.3. The van der Waals surface area contributed by atoms with E-state index in [2.05, 4.69) is 81.2 Å². The summed E-state index contributed by atoms with van der Waals surface area (Å²) in [6.07, 6.45) is 47.2. The first-order valence-corrected chi connectivity index (χ1v) is 26.3. The van der Waals surface area contributed by atoms with Crippen molar-refractivity contribution in [2.75, 3.05) is 39.5 Å². The van der Waals surface area contributed by atoms with E-state index in [-0.39, 0.29) is 36.5 Å². The van der Waals surface area contributed by atoms with Crippen molar-refractivity contribution in [2.45, 2.75) is 239 Å². The molecule has 0 aromatic rings. The van der Waals surface area contributed by atoms with Crippen LogP contribution in [0.4, 0.5) is 0 Å². The van der Waals surface area contributed by atoms with Crippen LogP contribution in [0.5, 0.6) is 0 Å². The van der Waals surface area contributed by atoms with E-state index in [9.17, 15) is 14.4 Å². The number of allylic oxidation sites excluding steroid dienone is 8. The van der Waals surface area contributed by atoms with Gasteiger partial charge < -0.3 is 23.8 Å². The Morgan fingerprint density at radius 1 is 0.556 bits per heavy atom. The van der Waals surface area contributed by atoms with E-state index in [1.165, 1.54) is 57.8 Å². The van der Waals surface area contributed by atoms with Gasteiger partial charge in [-0.25, -0.2) is 0 Å². The smallest absolute Gasteiger partial charge is 0.305 e. The van der Waals surface area contributed by atoms with Crippen molar-refractivity contribution < 1.29 is 33.3 Å². The fraction of sp³-hybridized carbons (Fsp3) is 0.800. The fourth-order valence-corrected chi connectivity index (χ4v) is 8.10. The molecular weight excluding hydrogens is 787 g/mol. The first-order chi connectivity index (χ1) is 30.9. The molecule has 364 valence electrons. The Morgan fingerprint density at radius 2 is 1.13 bits per heavy atom. The van der Waals surface area contributed by atoms with Crippen LogP contribution in [-0.4, -0.2) is 74.5 Å². The molecule has 0 aliphatic carbocycles. The molecule has 0 aromatic carbocycles. The number of hydrogen-bond acceptors (Lipinski definition) is 8. The summed E-state index contributed by atoms with van der Waals surface area (Å²) in [5.41, 5.74) is 0. The number of nitrogens with zero attached hydrogens (tertiary/aromatic N) is 1. The Hall–Kier alpha value is -2.55. The summed E-state index contributed by atoms with van der Waals surface area (Å²) in [6, 6.07) is 0.502. The van der Waals surface area contributed by atoms with Crippen LogP contribution >= 0.6 is 0 Å². The minimum absolute atomic E-state index is 0.0162. The summed E-state index contributed by atoms with van der Waals surface area (Å²) >= 11 is 0. The molecule has 0 bridgehead atoms. The number of carbonyl (C=O) groups excluding carboxylic acids is 3. The van der Waals surface area contributed by atoms with Crippen molar-refractivity contribution in [3.63, 3.8) is 0 Å². The summed E-state index contributed by atoms with van der Waals surface area (Å²) in [5, 5.41) is 0. The van der Waals surface area contributed by atoms with Gasteiger partial charge in [0.1, 0.15) is 5.78 Å². The van der Waals surface area contributed by atoms with Gasteiger partial charge in [-0.3, -0.25) is 14.4 Å². The van der Waals surface area contributed by atoms with Crippen molar-refractivity contribution in [3.05, 3.63) is 48.6 Å². The highest BCUT2D eigenvalue weighted by Gasteiger charge is 2.22. The van der Waals surface area contributed by atoms with Crippen LogP contribution in [0.15, 0.2) is 48.6 Å². The third kappa shape index (κ3) is 37.4. The van der Waals surface area contributed by atoms with E-state index in [0.717, 1.165) is 103 Å². The van der Waals surface area contributed by atoms with Crippen LogP contribution in [0.3, 0.4) is 0 Å². The van der Waals surface area contributed by atoms with Gasteiger partial charge in [-0.15, -0.1) is 0 Å². The maximum atomic E-state index is 13.3. The zero-order chi connectivity index (χ0) is 45.7. The van der Waals surface area contributed by atoms with Crippen LogP contribution in [0.2, 0.25) is 0 Å². The molecule has 0 spiro atoms. The molecule has 1 fully saturated rings. The highest BCUT2D eigenvalue weighted by molar-refractivity contribution is 5.78. The monoisotopic (exact) mass is 884 g/mol. The lowest BCUT2D eigenvalue weighted by Gasteiger charge is -2.34. The van der Waals surface area contributed by atoms with Crippen molar-refractivity contribution in [2.24, 2.45) is 5.92 Å². The first kappa shape index (κ1) is 58.5. The van der Waals surface area contributed by atoms with Gasteiger partial charge in [0.25, 0.3) is 0 Å². The minimum Gasteiger partial charge on any atom is -0.466 e. The zero-order valence-corrected chi connectivity index (χ0v) is 41.3. The largest absolute Gasteiger partial charge is 0.466 e. The van der Waals surface area contributed by atoms with Crippen molar-refractivity contribution >= 4 is 17.7 Å². The molecule has 2 atom stereocenters.